The summed E-state index contributed by atoms with van der Waals surface area (Å²) in [6.45, 7) is 6.27. The van der Waals surface area contributed by atoms with E-state index in [1.807, 2.05) is 6.92 Å². The molecule has 1 atom stereocenters. The summed E-state index contributed by atoms with van der Waals surface area (Å²) in [6, 6.07) is 10.6. The van der Waals surface area contributed by atoms with Crippen molar-refractivity contribution in [2.24, 2.45) is 5.92 Å². The lowest BCUT2D eigenvalue weighted by Crippen LogP contribution is -1.92. The van der Waals surface area contributed by atoms with Crippen LogP contribution in [0.5, 0.6) is 0 Å². The molecule has 1 heterocycles. The van der Waals surface area contributed by atoms with Crippen molar-refractivity contribution in [2.45, 2.75) is 31.0 Å². The number of nitriles is 1. The molecule has 110 valence electrons. The summed E-state index contributed by atoms with van der Waals surface area (Å²) in [4.78, 5) is 0. The van der Waals surface area contributed by atoms with Crippen LogP contribution in [-0.4, -0.2) is 16.0 Å². The van der Waals surface area contributed by atoms with Crippen LogP contribution in [0.1, 0.15) is 32.3 Å². The third-order valence-electron chi connectivity index (χ3n) is 2.91. The Labute approximate surface area is 133 Å². The highest BCUT2D eigenvalue weighted by Crippen LogP contribution is 2.29. The molecule has 2 aromatic rings. The minimum absolute atomic E-state index is 0.0267. The Morgan fingerprint density at radius 2 is 1.95 bits per heavy atom. The van der Waals surface area contributed by atoms with Crippen molar-refractivity contribution in [3.05, 3.63) is 29.8 Å². The average molecular weight is 318 g/mol. The highest BCUT2D eigenvalue weighted by atomic mass is 32.2. The van der Waals surface area contributed by atoms with Crippen LogP contribution in [0, 0.1) is 17.2 Å². The Bertz CT molecular complexity index is 613. The summed E-state index contributed by atoms with van der Waals surface area (Å²) in [6.07, 6.45) is 0. The molecule has 0 fully saturated rings. The third kappa shape index (κ3) is 4.73. The van der Waals surface area contributed by atoms with Gasteiger partial charge in [-0.2, -0.15) is 5.26 Å². The molecule has 1 aromatic heterocycles. The van der Waals surface area contributed by atoms with Gasteiger partial charge in [-0.1, -0.05) is 49.1 Å². The fraction of sp³-hybridized carbons (Fsp3) is 0.400. The molecule has 0 radical (unpaired) electrons. The summed E-state index contributed by atoms with van der Waals surface area (Å²) in [5, 5.41) is 21.1. The van der Waals surface area contributed by atoms with Gasteiger partial charge in [0.1, 0.15) is 0 Å². The number of aromatic nitrogens is 2. The van der Waals surface area contributed by atoms with E-state index in [2.05, 4.69) is 59.7 Å². The van der Waals surface area contributed by atoms with Crippen molar-refractivity contribution in [2.75, 3.05) is 11.1 Å². The molecule has 21 heavy (non-hydrogen) atoms. The number of rotatable bonds is 6. The Balaban J connectivity index is 1.94. The van der Waals surface area contributed by atoms with Gasteiger partial charge in [-0.05, 0) is 30.5 Å². The lowest BCUT2D eigenvalue weighted by Gasteiger charge is -2.06. The quantitative estimate of drug-likeness (QED) is 0.785. The van der Waals surface area contributed by atoms with E-state index in [0.717, 1.165) is 20.9 Å². The van der Waals surface area contributed by atoms with E-state index >= 15 is 0 Å². The van der Waals surface area contributed by atoms with Crippen molar-refractivity contribution >= 4 is 33.9 Å². The van der Waals surface area contributed by atoms with Gasteiger partial charge in [-0.3, -0.25) is 0 Å². The molecular formula is C15H18N4S2. The van der Waals surface area contributed by atoms with Gasteiger partial charge < -0.3 is 5.32 Å². The van der Waals surface area contributed by atoms with Gasteiger partial charge in [0, 0.05) is 11.4 Å². The third-order valence-corrected chi connectivity index (χ3v) is 5.14. The standard InChI is InChI=1S/C15H18N4S2/c1-10(2)12-4-6-13(7-5-12)17-14-18-19-15(21-14)20-9-11(3)8-16/h4-7,10-11H,9H2,1-3H3,(H,17,18)/t11-/m0/s1. The minimum Gasteiger partial charge on any atom is -0.330 e. The first-order chi connectivity index (χ1) is 10.1. The van der Waals surface area contributed by atoms with Crippen LogP contribution >= 0.6 is 23.1 Å². The fourth-order valence-electron chi connectivity index (χ4n) is 1.63. The molecule has 1 N–H and O–H groups in total. The van der Waals surface area contributed by atoms with Crippen molar-refractivity contribution in [3.8, 4) is 6.07 Å². The summed E-state index contributed by atoms with van der Waals surface area (Å²) in [7, 11) is 0. The molecule has 0 bridgehead atoms. The SMILES string of the molecule is CC(C)c1ccc(Nc2nnc(SC[C@@H](C)C#N)s2)cc1. The zero-order valence-electron chi connectivity index (χ0n) is 12.3. The first-order valence-corrected chi connectivity index (χ1v) is 8.61. The predicted octanol–water partition coefficient (Wildman–Crippen LogP) is 4.66. The minimum atomic E-state index is 0.0267. The molecule has 6 heteroatoms. The molecule has 0 saturated heterocycles. The number of nitrogens with one attached hydrogen (secondary N) is 1. The molecule has 2 rings (SSSR count). The van der Waals surface area contributed by atoms with Gasteiger partial charge in [0.15, 0.2) is 4.34 Å². The zero-order chi connectivity index (χ0) is 15.2. The van der Waals surface area contributed by atoms with E-state index in [9.17, 15) is 0 Å². The second-order valence-corrected chi connectivity index (χ2v) is 7.36. The average Bonchev–Trinajstić information content (AvgIpc) is 2.93. The second-order valence-electron chi connectivity index (χ2n) is 5.12. The van der Waals surface area contributed by atoms with Crippen molar-refractivity contribution < 1.29 is 0 Å². The summed E-state index contributed by atoms with van der Waals surface area (Å²) < 4.78 is 0.887. The van der Waals surface area contributed by atoms with E-state index < -0.39 is 0 Å². The van der Waals surface area contributed by atoms with Gasteiger partial charge >= 0.3 is 0 Å². The summed E-state index contributed by atoms with van der Waals surface area (Å²) in [5.41, 5.74) is 2.33. The number of thioether (sulfide) groups is 1. The predicted molar refractivity (Wildman–Crippen MR) is 89.2 cm³/mol. The van der Waals surface area contributed by atoms with Gasteiger partial charge in [0.05, 0.1) is 12.0 Å². The zero-order valence-corrected chi connectivity index (χ0v) is 14.0. The largest absolute Gasteiger partial charge is 0.330 e. The number of hydrogen-bond acceptors (Lipinski definition) is 6. The van der Waals surface area contributed by atoms with Gasteiger partial charge in [0.2, 0.25) is 5.13 Å². The monoisotopic (exact) mass is 318 g/mol. The molecule has 0 amide bonds. The van der Waals surface area contributed by atoms with Crippen molar-refractivity contribution in [1.82, 2.24) is 10.2 Å². The van der Waals surface area contributed by atoms with Crippen molar-refractivity contribution in [3.63, 3.8) is 0 Å². The molecule has 1 aromatic carbocycles. The number of anilines is 2. The topological polar surface area (TPSA) is 61.6 Å². The fourth-order valence-corrected chi connectivity index (χ4v) is 3.37. The molecule has 0 spiro atoms. The maximum absolute atomic E-state index is 8.77. The molecular weight excluding hydrogens is 300 g/mol. The molecule has 0 aliphatic heterocycles. The van der Waals surface area contributed by atoms with Gasteiger partial charge in [-0.25, -0.2) is 0 Å². The lowest BCUT2D eigenvalue weighted by atomic mass is 10.0. The van der Waals surface area contributed by atoms with Crippen LogP contribution in [0.15, 0.2) is 28.6 Å². The van der Waals surface area contributed by atoms with E-state index in [0.29, 0.717) is 5.92 Å². The Morgan fingerprint density at radius 1 is 1.24 bits per heavy atom. The van der Waals surface area contributed by atoms with Crippen molar-refractivity contribution in [1.29, 1.82) is 5.26 Å². The first-order valence-electron chi connectivity index (χ1n) is 6.81. The normalized spacial score (nSPS) is 12.1. The lowest BCUT2D eigenvalue weighted by molar-refractivity contribution is 0.862. The highest BCUT2D eigenvalue weighted by Gasteiger charge is 2.08. The van der Waals surface area contributed by atoms with Crippen LogP contribution < -0.4 is 5.32 Å². The maximum Gasteiger partial charge on any atom is 0.210 e. The van der Waals surface area contributed by atoms with Crippen LogP contribution in [0.4, 0.5) is 10.8 Å². The van der Waals surface area contributed by atoms with E-state index in [1.54, 1.807) is 11.8 Å². The van der Waals surface area contributed by atoms with Crippen LogP contribution in [0.2, 0.25) is 0 Å². The van der Waals surface area contributed by atoms with E-state index in [-0.39, 0.29) is 5.92 Å². The van der Waals surface area contributed by atoms with Gasteiger partial charge in [0.25, 0.3) is 0 Å². The molecule has 0 aliphatic rings. The molecule has 0 unspecified atom stereocenters. The summed E-state index contributed by atoms with van der Waals surface area (Å²) >= 11 is 3.08. The van der Waals surface area contributed by atoms with Crippen LogP contribution in [0.3, 0.4) is 0 Å². The van der Waals surface area contributed by atoms with E-state index in [4.69, 9.17) is 5.26 Å². The smallest absolute Gasteiger partial charge is 0.210 e. The second kappa shape index (κ2) is 7.43. The Hall–Kier alpha value is -1.58. The number of hydrogen-bond donors (Lipinski definition) is 1. The van der Waals surface area contributed by atoms with Crippen LogP contribution in [-0.2, 0) is 0 Å². The van der Waals surface area contributed by atoms with Crippen LogP contribution in [0.25, 0.3) is 0 Å². The molecule has 0 saturated carbocycles. The molecule has 4 nitrogen and oxygen atoms in total. The van der Waals surface area contributed by atoms with E-state index in [1.165, 1.54) is 16.9 Å². The summed E-state index contributed by atoms with van der Waals surface area (Å²) in [5.74, 6) is 1.30. The number of benzene rings is 1. The Morgan fingerprint density at radius 3 is 2.57 bits per heavy atom. The highest BCUT2D eigenvalue weighted by molar-refractivity contribution is 8.01. The Kier molecular flexibility index (Phi) is 5.59. The molecule has 0 aliphatic carbocycles. The maximum atomic E-state index is 8.77. The number of nitrogens with zero attached hydrogens (tertiary/aromatic N) is 3. The van der Waals surface area contributed by atoms with Gasteiger partial charge in [-0.15, -0.1) is 10.2 Å². The first kappa shape index (κ1) is 15.8.